The monoisotopic (exact) mass is 375 g/mol. The third kappa shape index (κ3) is 5.31. The van der Waals surface area contributed by atoms with E-state index in [2.05, 4.69) is 16.5 Å². The molecular formula is C22H21N3O3. The zero-order valence-corrected chi connectivity index (χ0v) is 15.7. The van der Waals surface area contributed by atoms with Crippen molar-refractivity contribution in [2.24, 2.45) is 0 Å². The number of hydrogen-bond acceptors (Lipinski definition) is 6. The van der Waals surface area contributed by atoms with Crippen LogP contribution in [0.1, 0.15) is 12.5 Å². The highest BCUT2D eigenvalue weighted by molar-refractivity contribution is 5.86. The lowest BCUT2D eigenvalue weighted by Crippen LogP contribution is -2.11. The fourth-order valence-electron chi connectivity index (χ4n) is 2.47. The number of rotatable bonds is 8. The minimum Gasteiger partial charge on any atom is -0.460 e. The molecule has 3 rings (SSSR count). The molecule has 0 radical (unpaired) electrons. The summed E-state index contributed by atoms with van der Waals surface area (Å²) in [7, 11) is 0. The predicted octanol–water partition coefficient (Wildman–Crippen LogP) is 3.84. The zero-order chi connectivity index (χ0) is 19.8. The Morgan fingerprint density at radius 3 is 2.04 bits per heavy atom. The fourth-order valence-corrected chi connectivity index (χ4v) is 2.47. The molecule has 0 amide bonds. The SMILES string of the molecule is C=C(C)C(=O)OCCOCc1cc(-c2ccccn2)nc(-c2ccccn2)c1. The maximum atomic E-state index is 11.4. The van der Waals surface area contributed by atoms with E-state index in [0.29, 0.717) is 18.8 Å². The highest BCUT2D eigenvalue weighted by Gasteiger charge is 2.09. The van der Waals surface area contributed by atoms with Gasteiger partial charge in [-0.1, -0.05) is 18.7 Å². The van der Waals surface area contributed by atoms with Gasteiger partial charge < -0.3 is 9.47 Å². The van der Waals surface area contributed by atoms with E-state index in [9.17, 15) is 4.79 Å². The van der Waals surface area contributed by atoms with Gasteiger partial charge in [-0.3, -0.25) is 9.97 Å². The highest BCUT2D eigenvalue weighted by Crippen LogP contribution is 2.22. The molecule has 0 spiro atoms. The molecule has 0 aliphatic rings. The molecule has 3 heterocycles. The molecule has 0 atom stereocenters. The van der Waals surface area contributed by atoms with Gasteiger partial charge in [0, 0.05) is 18.0 Å². The van der Waals surface area contributed by atoms with Gasteiger partial charge in [0.1, 0.15) is 6.61 Å². The topological polar surface area (TPSA) is 74.2 Å². The van der Waals surface area contributed by atoms with E-state index in [0.717, 1.165) is 28.3 Å². The number of pyridine rings is 3. The van der Waals surface area contributed by atoms with E-state index < -0.39 is 5.97 Å². The van der Waals surface area contributed by atoms with E-state index in [1.165, 1.54) is 0 Å². The lowest BCUT2D eigenvalue weighted by Gasteiger charge is -2.10. The summed E-state index contributed by atoms with van der Waals surface area (Å²) in [5.74, 6) is -0.414. The molecule has 0 aliphatic heterocycles. The van der Waals surface area contributed by atoms with Gasteiger partial charge in [-0.05, 0) is 48.9 Å². The quantitative estimate of drug-likeness (QED) is 0.338. The van der Waals surface area contributed by atoms with Crippen molar-refractivity contribution in [3.05, 3.63) is 78.6 Å². The van der Waals surface area contributed by atoms with Crippen molar-refractivity contribution in [2.45, 2.75) is 13.5 Å². The number of carbonyl (C=O) groups excluding carboxylic acids is 1. The largest absolute Gasteiger partial charge is 0.460 e. The van der Waals surface area contributed by atoms with Crippen LogP contribution in [0.3, 0.4) is 0 Å². The molecule has 0 bridgehead atoms. The Hall–Kier alpha value is -3.38. The summed E-state index contributed by atoms with van der Waals surface area (Å²) < 4.78 is 10.7. The van der Waals surface area contributed by atoms with Crippen LogP contribution >= 0.6 is 0 Å². The third-order valence-corrected chi connectivity index (χ3v) is 3.82. The van der Waals surface area contributed by atoms with Crippen LogP contribution in [-0.4, -0.2) is 34.1 Å². The summed E-state index contributed by atoms with van der Waals surface area (Å²) in [6.45, 7) is 5.98. The molecule has 6 nitrogen and oxygen atoms in total. The van der Waals surface area contributed by atoms with E-state index >= 15 is 0 Å². The van der Waals surface area contributed by atoms with E-state index in [1.807, 2.05) is 48.5 Å². The molecule has 6 heteroatoms. The first-order chi connectivity index (χ1) is 13.6. The summed E-state index contributed by atoms with van der Waals surface area (Å²) in [5, 5.41) is 0. The summed E-state index contributed by atoms with van der Waals surface area (Å²) in [6.07, 6.45) is 3.47. The third-order valence-electron chi connectivity index (χ3n) is 3.82. The molecule has 0 saturated carbocycles. The van der Waals surface area contributed by atoms with Crippen molar-refractivity contribution in [1.82, 2.24) is 15.0 Å². The Labute approximate surface area is 163 Å². The molecule has 142 valence electrons. The second-order valence-corrected chi connectivity index (χ2v) is 6.14. The molecule has 0 unspecified atom stereocenters. The molecular weight excluding hydrogens is 354 g/mol. The first-order valence-corrected chi connectivity index (χ1v) is 8.87. The molecule has 3 aromatic rings. The van der Waals surface area contributed by atoms with Gasteiger partial charge >= 0.3 is 5.97 Å². The van der Waals surface area contributed by atoms with Gasteiger partial charge in [-0.15, -0.1) is 0 Å². The number of nitrogens with zero attached hydrogens (tertiary/aromatic N) is 3. The zero-order valence-electron chi connectivity index (χ0n) is 15.7. The Morgan fingerprint density at radius 2 is 1.54 bits per heavy atom. The van der Waals surface area contributed by atoms with Crippen LogP contribution in [0.15, 0.2) is 73.1 Å². The van der Waals surface area contributed by atoms with Crippen molar-refractivity contribution in [3.63, 3.8) is 0 Å². The standard InChI is InChI=1S/C22H21N3O3/c1-16(2)22(26)28-12-11-27-15-17-13-20(18-7-3-5-9-23-18)25-21(14-17)19-8-4-6-10-24-19/h3-10,13-14H,1,11-12,15H2,2H3. The Kier molecular flexibility index (Phi) is 6.59. The first kappa shape index (κ1) is 19.4. The number of esters is 1. The van der Waals surface area contributed by atoms with Crippen LogP contribution in [0.4, 0.5) is 0 Å². The Balaban J connectivity index is 1.75. The van der Waals surface area contributed by atoms with Gasteiger partial charge in [-0.25, -0.2) is 9.78 Å². The van der Waals surface area contributed by atoms with Crippen LogP contribution < -0.4 is 0 Å². The summed E-state index contributed by atoms with van der Waals surface area (Å²) >= 11 is 0. The number of hydrogen-bond donors (Lipinski definition) is 0. The molecule has 0 aromatic carbocycles. The van der Waals surface area contributed by atoms with Crippen molar-refractivity contribution < 1.29 is 14.3 Å². The summed E-state index contributed by atoms with van der Waals surface area (Å²) in [4.78, 5) is 24.8. The smallest absolute Gasteiger partial charge is 0.333 e. The van der Waals surface area contributed by atoms with Gasteiger partial charge in [-0.2, -0.15) is 0 Å². The lowest BCUT2D eigenvalue weighted by atomic mass is 10.1. The minimum absolute atomic E-state index is 0.178. The van der Waals surface area contributed by atoms with Gasteiger partial charge in [0.2, 0.25) is 0 Å². The average molecular weight is 375 g/mol. The first-order valence-electron chi connectivity index (χ1n) is 8.87. The summed E-state index contributed by atoms with van der Waals surface area (Å²) in [5.41, 5.74) is 4.35. The van der Waals surface area contributed by atoms with E-state index in [4.69, 9.17) is 14.5 Å². The van der Waals surface area contributed by atoms with Crippen LogP contribution in [0.2, 0.25) is 0 Å². The molecule has 0 N–H and O–H groups in total. The number of ether oxygens (including phenoxy) is 2. The average Bonchev–Trinajstić information content (AvgIpc) is 2.74. The maximum Gasteiger partial charge on any atom is 0.333 e. The van der Waals surface area contributed by atoms with Crippen molar-refractivity contribution >= 4 is 5.97 Å². The molecule has 0 saturated heterocycles. The fraction of sp³-hybridized carbons (Fsp3) is 0.182. The van der Waals surface area contributed by atoms with Crippen molar-refractivity contribution in [2.75, 3.05) is 13.2 Å². The van der Waals surface area contributed by atoms with Crippen molar-refractivity contribution in [1.29, 1.82) is 0 Å². The minimum atomic E-state index is -0.414. The van der Waals surface area contributed by atoms with Crippen LogP contribution in [0.5, 0.6) is 0 Å². The molecule has 0 fully saturated rings. The molecule has 0 aliphatic carbocycles. The maximum absolute atomic E-state index is 11.4. The lowest BCUT2D eigenvalue weighted by molar-refractivity contribution is -0.140. The van der Waals surface area contributed by atoms with Crippen molar-refractivity contribution in [3.8, 4) is 22.8 Å². The Morgan fingerprint density at radius 1 is 0.929 bits per heavy atom. The van der Waals surface area contributed by atoms with Crippen LogP contribution in [0, 0.1) is 0 Å². The van der Waals surface area contributed by atoms with E-state index in [1.54, 1.807) is 19.3 Å². The van der Waals surface area contributed by atoms with Gasteiger partial charge in [0.25, 0.3) is 0 Å². The van der Waals surface area contributed by atoms with Crippen LogP contribution in [-0.2, 0) is 20.9 Å². The summed E-state index contributed by atoms with van der Waals surface area (Å²) in [6, 6.07) is 15.3. The van der Waals surface area contributed by atoms with Gasteiger partial charge in [0.15, 0.2) is 0 Å². The second kappa shape index (κ2) is 9.53. The second-order valence-electron chi connectivity index (χ2n) is 6.14. The number of aromatic nitrogens is 3. The molecule has 3 aromatic heterocycles. The Bertz CT molecular complexity index is 886. The number of carbonyl (C=O) groups is 1. The molecule has 28 heavy (non-hydrogen) atoms. The van der Waals surface area contributed by atoms with Gasteiger partial charge in [0.05, 0.1) is 36.0 Å². The normalized spacial score (nSPS) is 10.5. The highest BCUT2D eigenvalue weighted by atomic mass is 16.6. The van der Waals surface area contributed by atoms with E-state index in [-0.39, 0.29) is 6.61 Å². The predicted molar refractivity (Wildman–Crippen MR) is 106 cm³/mol. The van der Waals surface area contributed by atoms with Crippen LogP contribution in [0.25, 0.3) is 22.8 Å².